The first-order valence-electron chi connectivity index (χ1n) is 8.88. The second-order valence-electron chi connectivity index (χ2n) is 6.81. The minimum absolute atomic E-state index is 0.0174. The third-order valence-electron chi connectivity index (χ3n) is 4.89. The summed E-state index contributed by atoms with van der Waals surface area (Å²) < 4.78 is -0.158. The molecule has 136 valence electrons. The average molecular weight is 361 g/mol. The Morgan fingerprint density at radius 3 is 2.41 bits per heavy atom. The molecule has 27 heavy (non-hydrogen) atoms. The molecule has 1 N–H and O–H groups in total. The van der Waals surface area contributed by atoms with E-state index in [-0.39, 0.29) is 47.1 Å². The van der Waals surface area contributed by atoms with Crippen LogP contribution in [-0.2, 0) is 16.1 Å². The number of nitriles is 1. The second-order valence-corrected chi connectivity index (χ2v) is 6.81. The van der Waals surface area contributed by atoms with Gasteiger partial charge in [-0.15, -0.1) is 0 Å². The van der Waals surface area contributed by atoms with Gasteiger partial charge < -0.3 is 5.11 Å². The normalized spacial score (nSPS) is 19.2. The number of carbonyl (C=O) groups excluding carboxylic acids is 2. The number of rotatable bonds is 6. The highest BCUT2D eigenvalue weighted by molar-refractivity contribution is 6.18. The molecule has 0 saturated carbocycles. The average Bonchev–Trinajstić information content (AvgIpc) is 2.92. The number of hydrogen-bond donors (Lipinski definition) is 1. The van der Waals surface area contributed by atoms with Crippen LogP contribution in [0.15, 0.2) is 60.4 Å². The molecule has 3 rings (SSSR count). The van der Waals surface area contributed by atoms with Crippen molar-refractivity contribution >= 4 is 17.3 Å². The Hall–Kier alpha value is -3.23. The van der Waals surface area contributed by atoms with Gasteiger partial charge in [0.15, 0.2) is 11.5 Å². The van der Waals surface area contributed by atoms with Gasteiger partial charge in [-0.3, -0.25) is 4.79 Å². The maximum atomic E-state index is 13.4. The van der Waals surface area contributed by atoms with Gasteiger partial charge in [0.2, 0.25) is 0 Å². The van der Waals surface area contributed by atoms with E-state index in [4.69, 9.17) is 5.26 Å². The number of Topliss-reactive ketones (excluding diaryl/α,β-unsaturated/α-hetero) is 1. The van der Waals surface area contributed by atoms with Gasteiger partial charge in [0.1, 0.15) is 25.2 Å². The van der Waals surface area contributed by atoms with Crippen LogP contribution in [0.1, 0.15) is 30.0 Å². The van der Waals surface area contributed by atoms with Crippen molar-refractivity contribution in [3.8, 4) is 6.07 Å². The highest BCUT2D eigenvalue weighted by Gasteiger charge is 2.49. The molecular weight excluding hydrogens is 340 g/mol. The van der Waals surface area contributed by atoms with Crippen LogP contribution < -0.4 is 0 Å². The van der Waals surface area contributed by atoms with Crippen molar-refractivity contribution in [1.29, 1.82) is 5.26 Å². The SMILES string of the molecule is CCC(=O)C[N+]1(Cc2ccc(C#N)cc2)CC(O)=C(c2ccccc2)C1=O. The maximum absolute atomic E-state index is 13.4. The molecule has 0 fully saturated rings. The van der Waals surface area contributed by atoms with Gasteiger partial charge in [0, 0.05) is 12.0 Å². The summed E-state index contributed by atoms with van der Waals surface area (Å²) in [7, 11) is 0. The van der Waals surface area contributed by atoms with E-state index in [1.54, 1.807) is 43.3 Å². The van der Waals surface area contributed by atoms with E-state index in [0.29, 0.717) is 17.5 Å². The molecule has 0 bridgehead atoms. The Balaban J connectivity index is 1.98. The van der Waals surface area contributed by atoms with E-state index < -0.39 is 0 Å². The summed E-state index contributed by atoms with van der Waals surface area (Å²) in [5.41, 5.74) is 2.32. The maximum Gasteiger partial charge on any atom is 0.351 e. The molecule has 1 aliphatic rings. The van der Waals surface area contributed by atoms with E-state index in [0.717, 1.165) is 5.56 Å². The van der Waals surface area contributed by atoms with Crippen LogP contribution in [0, 0.1) is 11.3 Å². The summed E-state index contributed by atoms with van der Waals surface area (Å²) in [5, 5.41) is 19.5. The number of carbonyl (C=O) groups is 2. The van der Waals surface area contributed by atoms with Gasteiger partial charge in [0.25, 0.3) is 0 Å². The Labute approximate surface area is 158 Å². The quantitative estimate of drug-likeness (QED) is 0.800. The van der Waals surface area contributed by atoms with Crippen molar-refractivity contribution in [1.82, 2.24) is 0 Å². The van der Waals surface area contributed by atoms with Gasteiger partial charge >= 0.3 is 5.91 Å². The molecule has 2 aromatic carbocycles. The molecule has 1 heterocycles. The Morgan fingerprint density at radius 1 is 1.15 bits per heavy atom. The van der Waals surface area contributed by atoms with Gasteiger partial charge in [-0.25, -0.2) is 9.28 Å². The first kappa shape index (κ1) is 18.6. The summed E-state index contributed by atoms with van der Waals surface area (Å²) in [6.07, 6.45) is 0.335. The minimum Gasteiger partial charge on any atom is -0.506 e. The van der Waals surface area contributed by atoms with Crippen LogP contribution in [0.4, 0.5) is 0 Å². The van der Waals surface area contributed by atoms with Crippen LogP contribution >= 0.6 is 0 Å². The molecule has 2 aromatic rings. The number of aliphatic hydroxyl groups is 1. The topological polar surface area (TPSA) is 78.2 Å². The lowest BCUT2D eigenvalue weighted by Gasteiger charge is -2.31. The zero-order valence-corrected chi connectivity index (χ0v) is 15.2. The monoisotopic (exact) mass is 361 g/mol. The number of quaternary nitrogens is 1. The first-order chi connectivity index (χ1) is 13.0. The Kier molecular flexibility index (Phi) is 5.20. The van der Waals surface area contributed by atoms with Crippen LogP contribution in [0.5, 0.6) is 0 Å². The molecule has 5 heteroatoms. The van der Waals surface area contributed by atoms with E-state index in [1.165, 1.54) is 0 Å². The lowest BCUT2D eigenvalue weighted by atomic mass is 10.0. The number of amides is 1. The van der Waals surface area contributed by atoms with Gasteiger partial charge in [-0.1, -0.05) is 49.4 Å². The third kappa shape index (κ3) is 3.67. The summed E-state index contributed by atoms with van der Waals surface area (Å²) in [6, 6.07) is 18.1. The summed E-state index contributed by atoms with van der Waals surface area (Å²) in [4.78, 5) is 25.6. The van der Waals surface area contributed by atoms with E-state index in [1.807, 2.05) is 18.2 Å². The molecule has 1 amide bonds. The highest BCUT2D eigenvalue weighted by atomic mass is 16.3. The lowest BCUT2D eigenvalue weighted by molar-refractivity contribution is -0.850. The molecule has 0 radical (unpaired) electrons. The predicted molar refractivity (Wildman–Crippen MR) is 101 cm³/mol. The fourth-order valence-corrected chi connectivity index (χ4v) is 3.49. The minimum atomic E-state index is -0.246. The fourth-order valence-electron chi connectivity index (χ4n) is 3.49. The number of aliphatic hydroxyl groups excluding tert-OH is 1. The third-order valence-corrected chi connectivity index (χ3v) is 4.89. The summed E-state index contributed by atoms with van der Waals surface area (Å²) in [5.74, 6) is -0.257. The highest BCUT2D eigenvalue weighted by Crippen LogP contribution is 2.34. The molecule has 5 nitrogen and oxygen atoms in total. The van der Waals surface area contributed by atoms with Crippen LogP contribution in [0.25, 0.3) is 5.57 Å². The molecule has 0 saturated heterocycles. The summed E-state index contributed by atoms with van der Waals surface area (Å²) in [6.45, 7) is 2.19. The second kappa shape index (κ2) is 7.56. The van der Waals surface area contributed by atoms with Crippen molar-refractivity contribution in [2.45, 2.75) is 19.9 Å². The Bertz CT molecular complexity index is 940. The van der Waals surface area contributed by atoms with Gasteiger partial charge in [-0.05, 0) is 17.7 Å². The molecule has 1 aliphatic heterocycles. The lowest BCUT2D eigenvalue weighted by Crippen LogP contribution is -2.52. The molecule has 0 aliphatic carbocycles. The fraction of sp³-hybridized carbons (Fsp3) is 0.227. The van der Waals surface area contributed by atoms with Crippen LogP contribution in [-0.4, -0.2) is 34.4 Å². The van der Waals surface area contributed by atoms with Crippen molar-refractivity contribution < 1.29 is 19.2 Å². The van der Waals surface area contributed by atoms with E-state index >= 15 is 0 Å². The van der Waals surface area contributed by atoms with Crippen LogP contribution in [0.3, 0.4) is 0 Å². The van der Waals surface area contributed by atoms with Crippen LogP contribution in [0.2, 0.25) is 0 Å². The smallest absolute Gasteiger partial charge is 0.351 e. The predicted octanol–water partition coefficient (Wildman–Crippen LogP) is 3.36. The van der Waals surface area contributed by atoms with Crippen molar-refractivity contribution in [3.05, 3.63) is 77.0 Å². The van der Waals surface area contributed by atoms with E-state index in [2.05, 4.69) is 6.07 Å². The molecular formula is C22H21N2O3+. The Morgan fingerprint density at radius 2 is 1.81 bits per heavy atom. The van der Waals surface area contributed by atoms with Gasteiger partial charge in [-0.2, -0.15) is 5.26 Å². The first-order valence-corrected chi connectivity index (χ1v) is 8.88. The van der Waals surface area contributed by atoms with Crippen molar-refractivity contribution in [2.24, 2.45) is 0 Å². The molecule has 1 atom stereocenters. The standard InChI is InChI=1S/C22H20N2O3/c1-2-19(25)14-24(13-17-10-8-16(12-23)9-11-17)15-20(26)21(22(24)27)18-6-4-3-5-7-18/h3-11H,2,13-15H2,1H3/p+1. The van der Waals surface area contributed by atoms with E-state index in [9.17, 15) is 14.7 Å². The zero-order valence-electron chi connectivity index (χ0n) is 15.2. The molecule has 0 aromatic heterocycles. The van der Waals surface area contributed by atoms with Gasteiger partial charge in [0.05, 0.1) is 11.6 Å². The summed E-state index contributed by atoms with van der Waals surface area (Å²) >= 11 is 0. The number of nitrogens with zero attached hydrogens (tertiary/aromatic N) is 2. The largest absolute Gasteiger partial charge is 0.506 e. The number of ketones is 1. The zero-order chi connectivity index (χ0) is 19.4. The number of hydrogen-bond acceptors (Lipinski definition) is 4. The van der Waals surface area contributed by atoms with Crippen molar-refractivity contribution in [3.63, 3.8) is 0 Å². The molecule has 0 spiro atoms. The molecule has 1 unspecified atom stereocenters. The van der Waals surface area contributed by atoms with Crippen molar-refractivity contribution in [2.75, 3.05) is 13.1 Å². The number of benzene rings is 2.